The highest BCUT2D eigenvalue weighted by molar-refractivity contribution is 6.30. The van der Waals surface area contributed by atoms with Crippen LogP contribution in [0, 0.1) is 0 Å². The second-order valence-corrected chi connectivity index (χ2v) is 5.06. The normalized spacial score (nSPS) is 10.7. The molecule has 0 aliphatic heterocycles. The molecule has 19 heavy (non-hydrogen) atoms. The van der Waals surface area contributed by atoms with E-state index in [1.165, 1.54) is 0 Å². The van der Waals surface area contributed by atoms with Crippen molar-refractivity contribution in [2.24, 2.45) is 0 Å². The Labute approximate surface area is 117 Å². The molecule has 0 atom stereocenters. The molecule has 1 amide bonds. The zero-order valence-corrected chi connectivity index (χ0v) is 11.6. The average molecular weight is 278 g/mol. The molecule has 0 aliphatic carbocycles. The summed E-state index contributed by atoms with van der Waals surface area (Å²) in [5, 5.41) is 3.45. The molecule has 1 aromatic heterocycles. The Morgan fingerprint density at radius 3 is 2.53 bits per heavy atom. The molecule has 0 bridgehead atoms. The van der Waals surface area contributed by atoms with Crippen LogP contribution in [0.2, 0.25) is 5.02 Å². The fourth-order valence-electron chi connectivity index (χ4n) is 1.84. The molecule has 2 rings (SSSR count). The smallest absolute Gasteiger partial charge is 0.272 e. The van der Waals surface area contributed by atoms with Crippen LogP contribution < -0.4 is 11.1 Å². The number of halogens is 1. The number of nitrogens with two attached hydrogens (primary N) is 1. The van der Waals surface area contributed by atoms with Crippen molar-refractivity contribution < 1.29 is 4.79 Å². The Kier molecular flexibility index (Phi) is 3.81. The average Bonchev–Trinajstić information content (AvgIpc) is 2.74. The first-order valence-corrected chi connectivity index (χ1v) is 6.39. The molecule has 0 saturated heterocycles. The predicted molar refractivity (Wildman–Crippen MR) is 78.6 cm³/mol. The highest BCUT2D eigenvalue weighted by atomic mass is 35.5. The van der Waals surface area contributed by atoms with E-state index in [9.17, 15) is 4.79 Å². The molecule has 100 valence electrons. The Morgan fingerprint density at radius 2 is 1.95 bits per heavy atom. The Balaban J connectivity index is 2.22. The summed E-state index contributed by atoms with van der Waals surface area (Å²) in [6.07, 6.45) is 1.77. The van der Waals surface area contributed by atoms with Crippen LogP contribution in [0.5, 0.6) is 0 Å². The lowest BCUT2D eigenvalue weighted by atomic mass is 10.3. The molecular formula is C14H16ClN3O. The van der Waals surface area contributed by atoms with E-state index in [1.54, 1.807) is 36.5 Å². The summed E-state index contributed by atoms with van der Waals surface area (Å²) in [5.74, 6) is -0.187. The van der Waals surface area contributed by atoms with Gasteiger partial charge in [0.1, 0.15) is 5.69 Å². The van der Waals surface area contributed by atoms with Crippen molar-refractivity contribution in [3.63, 3.8) is 0 Å². The maximum absolute atomic E-state index is 12.2. The maximum Gasteiger partial charge on any atom is 0.272 e. The number of benzene rings is 1. The van der Waals surface area contributed by atoms with Crippen molar-refractivity contribution in [2.45, 2.75) is 19.9 Å². The quantitative estimate of drug-likeness (QED) is 0.901. The summed E-state index contributed by atoms with van der Waals surface area (Å²) in [4.78, 5) is 12.2. The molecular weight excluding hydrogens is 262 g/mol. The van der Waals surface area contributed by atoms with Crippen LogP contribution in [0.25, 0.3) is 0 Å². The summed E-state index contributed by atoms with van der Waals surface area (Å²) in [6.45, 7) is 4.00. The van der Waals surface area contributed by atoms with Gasteiger partial charge in [-0.3, -0.25) is 4.79 Å². The van der Waals surface area contributed by atoms with Crippen LogP contribution in [0.1, 0.15) is 30.4 Å². The van der Waals surface area contributed by atoms with Crippen LogP contribution in [0.3, 0.4) is 0 Å². The van der Waals surface area contributed by atoms with E-state index in [-0.39, 0.29) is 11.9 Å². The summed E-state index contributed by atoms with van der Waals surface area (Å²) in [5.41, 5.74) is 7.57. The van der Waals surface area contributed by atoms with Gasteiger partial charge >= 0.3 is 0 Å². The van der Waals surface area contributed by atoms with Crippen molar-refractivity contribution >= 4 is 28.9 Å². The lowest BCUT2D eigenvalue weighted by Gasteiger charge is -2.12. The minimum absolute atomic E-state index is 0.170. The largest absolute Gasteiger partial charge is 0.397 e. The van der Waals surface area contributed by atoms with Gasteiger partial charge in [-0.1, -0.05) is 11.6 Å². The third-order valence-corrected chi connectivity index (χ3v) is 3.01. The monoisotopic (exact) mass is 277 g/mol. The van der Waals surface area contributed by atoms with Crippen LogP contribution in [0.15, 0.2) is 36.5 Å². The number of rotatable bonds is 3. The van der Waals surface area contributed by atoms with Gasteiger partial charge in [0, 0.05) is 22.9 Å². The highest BCUT2D eigenvalue weighted by Crippen LogP contribution is 2.19. The van der Waals surface area contributed by atoms with Gasteiger partial charge in [0.05, 0.1) is 5.69 Å². The van der Waals surface area contributed by atoms with Gasteiger partial charge in [-0.2, -0.15) is 0 Å². The highest BCUT2D eigenvalue weighted by Gasteiger charge is 2.14. The Hall–Kier alpha value is -1.94. The van der Waals surface area contributed by atoms with Crippen LogP contribution in [0.4, 0.5) is 11.4 Å². The van der Waals surface area contributed by atoms with E-state index in [2.05, 4.69) is 5.32 Å². The number of amides is 1. The molecule has 1 heterocycles. The summed E-state index contributed by atoms with van der Waals surface area (Å²) < 4.78 is 1.85. The summed E-state index contributed by atoms with van der Waals surface area (Å²) in [7, 11) is 0. The molecule has 4 nitrogen and oxygen atoms in total. The maximum atomic E-state index is 12.2. The number of carbonyl (C=O) groups is 1. The van der Waals surface area contributed by atoms with Gasteiger partial charge in [-0.15, -0.1) is 0 Å². The molecule has 0 saturated carbocycles. The fourth-order valence-corrected chi connectivity index (χ4v) is 1.96. The van der Waals surface area contributed by atoms with E-state index < -0.39 is 0 Å². The number of anilines is 2. The number of nitrogen functional groups attached to an aromatic ring is 1. The van der Waals surface area contributed by atoms with Crippen LogP contribution in [-0.4, -0.2) is 10.5 Å². The summed E-state index contributed by atoms with van der Waals surface area (Å²) in [6, 6.07) is 8.81. The molecule has 0 spiro atoms. The zero-order valence-electron chi connectivity index (χ0n) is 10.9. The van der Waals surface area contributed by atoms with Crippen LogP contribution >= 0.6 is 11.6 Å². The first-order valence-electron chi connectivity index (χ1n) is 6.01. The van der Waals surface area contributed by atoms with Crippen molar-refractivity contribution in [1.29, 1.82) is 0 Å². The number of aromatic nitrogens is 1. The molecule has 0 fully saturated rings. The number of hydrogen-bond donors (Lipinski definition) is 2. The molecule has 2 aromatic rings. The Morgan fingerprint density at radius 1 is 1.32 bits per heavy atom. The number of hydrogen-bond acceptors (Lipinski definition) is 2. The third kappa shape index (κ3) is 3.09. The SMILES string of the molecule is CC(C)n1cc(N)cc1C(=O)Nc1ccc(Cl)cc1. The van der Waals surface area contributed by atoms with E-state index in [0.717, 1.165) is 0 Å². The van der Waals surface area contributed by atoms with E-state index >= 15 is 0 Å². The molecule has 0 radical (unpaired) electrons. The van der Waals surface area contributed by atoms with E-state index in [1.807, 2.05) is 18.4 Å². The number of carbonyl (C=O) groups excluding carboxylic acids is 1. The van der Waals surface area contributed by atoms with Gasteiger partial charge in [0.2, 0.25) is 0 Å². The van der Waals surface area contributed by atoms with Crippen molar-refractivity contribution in [2.75, 3.05) is 11.1 Å². The summed E-state index contributed by atoms with van der Waals surface area (Å²) >= 11 is 5.80. The first-order chi connectivity index (χ1) is 8.97. The fraction of sp³-hybridized carbons (Fsp3) is 0.214. The second-order valence-electron chi connectivity index (χ2n) is 4.62. The molecule has 1 aromatic carbocycles. The van der Waals surface area contributed by atoms with E-state index in [0.29, 0.717) is 22.1 Å². The van der Waals surface area contributed by atoms with Crippen molar-refractivity contribution in [3.8, 4) is 0 Å². The Bertz CT molecular complexity index is 587. The number of nitrogens with one attached hydrogen (secondary N) is 1. The second kappa shape index (κ2) is 5.36. The lowest BCUT2D eigenvalue weighted by Crippen LogP contribution is -2.17. The van der Waals surface area contributed by atoms with Gasteiger partial charge in [-0.25, -0.2) is 0 Å². The van der Waals surface area contributed by atoms with Gasteiger partial charge in [-0.05, 0) is 44.2 Å². The van der Waals surface area contributed by atoms with Gasteiger partial charge < -0.3 is 15.6 Å². The van der Waals surface area contributed by atoms with Gasteiger partial charge in [0.15, 0.2) is 0 Å². The minimum Gasteiger partial charge on any atom is -0.397 e. The zero-order chi connectivity index (χ0) is 14.0. The molecule has 0 aliphatic rings. The first kappa shape index (κ1) is 13.5. The lowest BCUT2D eigenvalue weighted by molar-refractivity contribution is 0.101. The molecule has 5 heteroatoms. The predicted octanol–water partition coefficient (Wildman–Crippen LogP) is 3.56. The van der Waals surface area contributed by atoms with Crippen molar-refractivity contribution in [3.05, 3.63) is 47.2 Å². The van der Waals surface area contributed by atoms with E-state index in [4.69, 9.17) is 17.3 Å². The molecule has 0 unspecified atom stereocenters. The standard InChI is InChI=1S/C14H16ClN3O/c1-9(2)18-8-11(16)7-13(18)14(19)17-12-5-3-10(15)4-6-12/h3-9H,16H2,1-2H3,(H,17,19). The van der Waals surface area contributed by atoms with Crippen molar-refractivity contribution in [1.82, 2.24) is 4.57 Å². The third-order valence-electron chi connectivity index (χ3n) is 2.76. The molecule has 3 N–H and O–H groups in total. The van der Waals surface area contributed by atoms with Crippen LogP contribution in [-0.2, 0) is 0 Å². The number of nitrogens with zero attached hydrogens (tertiary/aromatic N) is 1. The van der Waals surface area contributed by atoms with Gasteiger partial charge in [0.25, 0.3) is 5.91 Å². The minimum atomic E-state index is -0.187. The topological polar surface area (TPSA) is 60.0 Å².